The molecular formula is C29H33N5O. The molecule has 4 aromatic rings. The molecule has 180 valence electrons. The molecule has 0 radical (unpaired) electrons. The number of benzene rings is 2. The van der Waals surface area contributed by atoms with Crippen molar-refractivity contribution in [3.8, 4) is 11.3 Å². The summed E-state index contributed by atoms with van der Waals surface area (Å²) >= 11 is 0. The molecule has 1 amide bonds. The number of amides is 1. The van der Waals surface area contributed by atoms with E-state index in [1.807, 2.05) is 23.0 Å². The van der Waals surface area contributed by atoms with Gasteiger partial charge >= 0.3 is 0 Å². The Hall–Kier alpha value is -3.67. The lowest BCUT2D eigenvalue weighted by atomic mass is 9.95. The van der Waals surface area contributed by atoms with E-state index in [4.69, 9.17) is 10.1 Å². The molecule has 2 aromatic carbocycles. The average molecular weight is 468 g/mol. The van der Waals surface area contributed by atoms with Gasteiger partial charge in [0, 0.05) is 43.5 Å². The number of nitrogens with one attached hydrogen (secondary N) is 1. The monoisotopic (exact) mass is 467 g/mol. The molecule has 0 saturated carbocycles. The molecule has 0 unspecified atom stereocenters. The number of hydrogen-bond acceptors (Lipinski definition) is 4. The first kappa shape index (κ1) is 23.1. The van der Waals surface area contributed by atoms with Crippen LogP contribution in [0.15, 0.2) is 67.0 Å². The van der Waals surface area contributed by atoms with Crippen LogP contribution < -0.4 is 10.2 Å². The van der Waals surface area contributed by atoms with Crippen molar-refractivity contribution < 1.29 is 4.79 Å². The van der Waals surface area contributed by atoms with E-state index in [2.05, 4.69) is 72.6 Å². The van der Waals surface area contributed by atoms with Crippen LogP contribution in [0.3, 0.4) is 0 Å². The second kappa shape index (κ2) is 10.3. The Morgan fingerprint density at radius 2 is 1.83 bits per heavy atom. The van der Waals surface area contributed by atoms with E-state index in [1.54, 1.807) is 0 Å². The number of carbonyl (C=O) groups is 1. The molecular weight excluding hydrogens is 434 g/mol. The van der Waals surface area contributed by atoms with Crippen molar-refractivity contribution in [3.05, 3.63) is 83.7 Å². The maximum atomic E-state index is 12.7. The first-order chi connectivity index (χ1) is 17.1. The van der Waals surface area contributed by atoms with Crippen LogP contribution in [0.4, 0.5) is 5.82 Å². The van der Waals surface area contributed by atoms with Crippen LogP contribution >= 0.6 is 0 Å². The predicted octanol–water partition coefficient (Wildman–Crippen LogP) is 4.98. The van der Waals surface area contributed by atoms with Crippen LogP contribution in [-0.2, 0) is 11.2 Å². The average Bonchev–Trinajstić information content (AvgIpc) is 3.33. The summed E-state index contributed by atoms with van der Waals surface area (Å²) in [6.45, 7) is 6.62. The highest BCUT2D eigenvalue weighted by molar-refractivity contribution is 5.79. The summed E-state index contributed by atoms with van der Waals surface area (Å²) in [7, 11) is 0. The zero-order valence-corrected chi connectivity index (χ0v) is 20.6. The lowest BCUT2D eigenvalue weighted by molar-refractivity contribution is -0.125. The van der Waals surface area contributed by atoms with Gasteiger partial charge in [-0.15, -0.1) is 0 Å². The fourth-order valence-corrected chi connectivity index (χ4v) is 4.84. The van der Waals surface area contributed by atoms with Gasteiger partial charge in [-0.25, -0.2) is 9.50 Å². The first-order valence-corrected chi connectivity index (χ1v) is 12.6. The Morgan fingerprint density at radius 3 is 2.60 bits per heavy atom. The Labute approximate surface area is 207 Å². The third kappa shape index (κ3) is 5.21. The number of fused-ring (bicyclic) bond motifs is 1. The SMILES string of the molecule is Cc1ccc(-c2cc3c(N4CCC(C(=O)NCCCc5ccccc5)CC4)nccn3n2)cc1C. The van der Waals surface area contributed by atoms with Crippen molar-refractivity contribution >= 4 is 17.2 Å². The second-order valence-electron chi connectivity index (χ2n) is 9.55. The fraction of sp³-hybridized carbons (Fsp3) is 0.345. The largest absolute Gasteiger partial charge is 0.356 e. The number of aromatic nitrogens is 3. The summed E-state index contributed by atoms with van der Waals surface area (Å²) in [6, 6.07) is 19.0. The minimum Gasteiger partial charge on any atom is -0.356 e. The van der Waals surface area contributed by atoms with Crippen molar-refractivity contribution in [1.29, 1.82) is 0 Å². The molecule has 35 heavy (non-hydrogen) atoms. The number of anilines is 1. The highest BCUT2D eigenvalue weighted by atomic mass is 16.1. The molecule has 0 aliphatic carbocycles. The van der Waals surface area contributed by atoms with E-state index in [1.165, 1.54) is 16.7 Å². The van der Waals surface area contributed by atoms with Crippen molar-refractivity contribution in [3.63, 3.8) is 0 Å². The number of nitrogens with zero attached hydrogens (tertiary/aromatic N) is 4. The topological polar surface area (TPSA) is 62.5 Å². The van der Waals surface area contributed by atoms with E-state index < -0.39 is 0 Å². The Balaban J connectivity index is 1.19. The van der Waals surface area contributed by atoms with Gasteiger partial charge in [-0.05, 0) is 68.4 Å². The van der Waals surface area contributed by atoms with Gasteiger partial charge in [0.05, 0.1) is 5.69 Å². The standard InChI is InChI=1S/C29H33N5O/c1-21-10-11-25(19-22(21)2)26-20-27-28(30-15-18-34(27)32-26)33-16-12-24(13-17-33)29(35)31-14-6-9-23-7-4-3-5-8-23/h3-5,7-8,10-11,15,18-20,24H,6,9,12-14,16-17H2,1-2H3,(H,31,35). The number of hydrogen-bond donors (Lipinski definition) is 1. The number of rotatable bonds is 7. The van der Waals surface area contributed by atoms with E-state index in [0.29, 0.717) is 0 Å². The van der Waals surface area contributed by atoms with Gasteiger partial charge in [0.25, 0.3) is 0 Å². The second-order valence-corrected chi connectivity index (χ2v) is 9.55. The Morgan fingerprint density at radius 1 is 1.03 bits per heavy atom. The molecule has 6 nitrogen and oxygen atoms in total. The maximum Gasteiger partial charge on any atom is 0.223 e. The van der Waals surface area contributed by atoms with E-state index in [9.17, 15) is 4.79 Å². The minimum absolute atomic E-state index is 0.0683. The van der Waals surface area contributed by atoms with Crippen LogP contribution in [0.25, 0.3) is 16.8 Å². The van der Waals surface area contributed by atoms with E-state index in [0.717, 1.165) is 67.9 Å². The van der Waals surface area contributed by atoms with E-state index in [-0.39, 0.29) is 11.8 Å². The van der Waals surface area contributed by atoms with Gasteiger partial charge < -0.3 is 10.2 Å². The Kier molecular flexibility index (Phi) is 6.80. The van der Waals surface area contributed by atoms with Gasteiger partial charge in [0.1, 0.15) is 5.52 Å². The van der Waals surface area contributed by atoms with Crippen LogP contribution in [-0.4, -0.2) is 40.1 Å². The van der Waals surface area contributed by atoms with Gasteiger partial charge in [0.15, 0.2) is 5.82 Å². The normalized spacial score (nSPS) is 14.4. The van der Waals surface area contributed by atoms with Crippen molar-refractivity contribution in [2.24, 2.45) is 5.92 Å². The molecule has 0 bridgehead atoms. The first-order valence-electron chi connectivity index (χ1n) is 12.6. The molecule has 1 N–H and O–H groups in total. The summed E-state index contributed by atoms with van der Waals surface area (Å²) in [5.41, 5.74) is 6.93. The van der Waals surface area contributed by atoms with Crippen molar-refractivity contribution in [1.82, 2.24) is 19.9 Å². The summed E-state index contributed by atoms with van der Waals surface area (Å²) in [6.07, 6.45) is 7.34. The highest BCUT2D eigenvalue weighted by Gasteiger charge is 2.26. The molecule has 6 heteroatoms. The molecule has 1 saturated heterocycles. The van der Waals surface area contributed by atoms with Crippen LogP contribution in [0, 0.1) is 19.8 Å². The third-order valence-corrected chi connectivity index (χ3v) is 7.12. The zero-order chi connectivity index (χ0) is 24.2. The smallest absolute Gasteiger partial charge is 0.223 e. The summed E-state index contributed by atoms with van der Waals surface area (Å²) in [5, 5.41) is 7.95. The zero-order valence-electron chi connectivity index (χ0n) is 20.6. The van der Waals surface area contributed by atoms with Gasteiger partial charge in [-0.2, -0.15) is 5.10 Å². The fourth-order valence-electron chi connectivity index (χ4n) is 4.84. The van der Waals surface area contributed by atoms with Crippen LogP contribution in [0.2, 0.25) is 0 Å². The van der Waals surface area contributed by atoms with Gasteiger partial charge in [-0.3, -0.25) is 4.79 Å². The van der Waals surface area contributed by atoms with Crippen LogP contribution in [0.5, 0.6) is 0 Å². The minimum atomic E-state index is 0.0683. The molecule has 3 heterocycles. The number of piperidine rings is 1. The molecule has 5 rings (SSSR count). The molecule has 2 aromatic heterocycles. The molecule has 1 aliphatic rings. The lowest BCUT2D eigenvalue weighted by Crippen LogP contribution is -2.41. The summed E-state index contributed by atoms with van der Waals surface area (Å²) in [4.78, 5) is 19.7. The summed E-state index contributed by atoms with van der Waals surface area (Å²) < 4.78 is 1.92. The van der Waals surface area contributed by atoms with Gasteiger partial charge in [0.2, 0.25) is 5.91 Å². The quantitative estimate of drug-likeness (QED) is 0.390. The molecule has 0 spiro atoms. The third-order valence-electron chi connectivity index (χ3n) is 7.12. The van der Waals surface area contributed by atoms with E-state index >= 15 is 0 Å². The lowest BCUT2D eigenvalue weighted by Gasteiger charge is -2.32. The van der Waals surface area contributed by atoms with Gasteiger partial charge in [-0.1, -0.05) is 42.5 Å². The highest BCUT2D eigenvalue weighted by Crippen LogP contribution is 2.29. The number of carbonyl (C=O) groups excluding carboxylic acids is 1. The molecule has 0 atom stereocenters. The van der Waals surface area contributed by atoms with Crippen molar-refractivity contribution in [2.45, 2.75) is 39.5 Å². The Bertz CT molecular complexity index is 1310. The molecule has 1 aliphatic heterocycles. The number of aryl methyl sites for hydroxylation is 3. The molecule has 1 fully saturated rings. The maximum absolute atomic E-state index is 12.7. The van der Waals surface area contributed by atoms with Crippen LogP contribution in [0.1, 0.15) is 36.0 Å². The van der Waals surface area contributed by atoms with Crippen molar-refractivity contribution in [2.75, 3.05) is 24.5 Å². The summed E-state index contributed by atoms with van der Waals surface area (Å²) in [5.74, 6) is 1.20. The predicted molar refractivity (Wildman–Crippen MR) is 141 cm³/mol.